The number of hydrogen-bond acceptors (Lipinski definition) is 2. The van der Waals surface area contributed by atoms with Crippen LogP contribution < -0.4 is 0 Å². The number of pyridine rings is 1. The molecule has 0 spiro atoms. The van der Waals surface area contributed by atoms with Crippen molar-refractivity contribution in [3.63, 3.8) is 0 Å². The average molecular weight is 529 g/mol. The molecule has 0 unspecified atom stereocenters. The molecule has 0 aliphatic carbocycles. The van der Waals surface area contributed by atoms with Crippen molar-refractivity contribution in [3.8, 4) is 39.5 Å². The van der Waals surface area contributed by atoms with Gasteiger partial charge in [-0.15, -0.1) is 0 Å². The Hall–Kier alpha value is -5.54. The fourth-order valence-electron chi connectivity index (χ4n) is 5.88. The first-order chi connectivity index (χ1) is 22.5. The minimum absolute atomic E-state index is 0.0624. The van der Waals surface area contributed by atoms with E-state index in [4.69, 9.17) is 11.8 Å². The monoisotopic (exact) mass is 528 g/mol. The molecule has 8 rings (SSSR count). The second kappa shape index (κ2) is 9.58. The maximum atomic E-state index is 8.90. The van der Waals surface area contributed by atoms with E-state index in [9.17, 15) is 0 Å². The molecule has 41 heavy (non-hydrogen) atoms. The lowest BCUT2D eigenvalue weighted by Gasteiger charge is -2.19. The lowest BCUT2D eigenvalue weighted by Crippen LogP contribution is -2.00. The van der Waals surface area contributed by atoms with Gasteiger partial charge in [-0.2, -0.15) is 0 Å². The lowest BCUT2D eigenvalue weighted by molar-refractivity contribution is 1.11. The Bertz CT molecular complexity index is 2400. The fraction of sp³-hybridized carbons (Fsp3) is 0. The van der Waals surface area contributed by atoms with Crippen molar-refractivity contribution in [2.75, 3.05) is 0 Å². The second-order valence-electron chi connectivity index (χ2n) is 9.83. The highest BCUT2D eigenvalue weighted by Crippen LogP contribution is 2.46. The Morgan fingerprint density at radius 2 is 1.12 bits per heavy atom. The number of rotatable bonds is 4. The molecule has 2 aromatic heterocycles. The first-order valence-corrected chi connectivity index (χ1v) is 13.4. The highest BCUT2D eigenvalue weighted by atomic mass is 15.1. The molecule has 6 aromatic carbocycles. The largest absolute Gasteiger partial charge is 0.292 e. The smallest absolute Gasteiger partial charge is 0.146 e. The number of nitrogens with zero attached hydrogens (tertiary/aromatic N) is 3. The number of fused-ring (bicyclic) bond motifs is 3. The van der Waals surface area contributed by atoms with Crippen LogP contribution in [0.15, 0.2) is 152 Å². The summed E-state index contributed by atoms with van der Waals surface area (Å²) in [5.41, 5.74) is 6.16. The molecule has 3 heteroatoms. The summed E-state index contributed by atoms with van der Waals surface area (Å²) in [4.78, 5) is 9.78. The van der Waals surface area contributed by atoms with Gasteiger partial charge in [-0.05, 0) is 69.0 Å². The molecule has 0 bridgehead atoms. The minimum atomic E-state index is -0.434. The van der Waals surface area contributed by atoms with E-state index in [1.54, 1.807) is 10.8 Å². The highest BCUT2D eigenvalue weighted by molar-refractivity contribution is 6.22. The molecule has 0 aliphatic rings. The number of hydrogen-bond donors (Lipinski definition) is 0. The summed E-state index contributed by atoms with van der Waals surface area (Å²) in [6, 6.07) is 36.3. The van der Waals surface area contributed by atoms with Gasteiger partial charge in [0.1, 0.15) is 5.82 Å². The molecule has 0 fully saturated rings. The maximum absolute atomic E-state index is 8.90. The SMILES string of the molecule is [2H]c1c([2H])c([2H])c(-n2c(-c3c4ccccc4c(-c4ccccc4-c4ccccn4)c4ccccc34)nc3ccccc32)c([2H])c1[2H]. The topological polar surface area (TPSA) is 30.7 Å². The summed E-state index contributed by atoms with van der Waals surface area (Å²) in [6.45, 7) is 0. The minimum Gasteiger partial charge on any atom is -0.292 e. The van der Waals surface area contributed by atoms with Gasteiger partial charge in [0.05, 0.1) is 23.6 Å². The Morgan fingerprint density at radius 1 is 0.537 bits per heavy atom. The molecule has 0 aliphatic heterocycles. The van der Waals surface area contributed by atoms with Crippen LogP contribution in [0.4, 0.5) is 0 Å². The zero-order chi connectivity index (χ0) is 31.5. The van der Waals surface area contributed by atoms with Gasteiger partial charge in [0.25, 0.3) is 0 Å². The van der Waals surface area contributed by atoms with E-state index in [0.29, 0.717) is 16.9 Å². The summed E-state index contributed by atoms with van der Waals surface area (Å²) in [6.07, 6.45) is 1.80. The number of benzene rings is 6. The van der Waals surface area contributed by atoms with E-state index in [-0.39, 0.29) is 17.8 Å². The Morgan fingerprint density at radius 3 is 1.80 bits per heavy atom. The number of aromatic nitrogens is 3. The summed E-state index contributed by atoms with van der Waals surface area (Å²) >= 11 is 0. The van der Waals surface area contributed by atoms with Crippen LogP contribution in [0, 0.1) is 0 Å². The van der Waals surface area contributed by atoms with Crippen LogP contribution in [0.25, 0.3) is 72.0 Å². The van der Waals surface area contributed by atoms with Crippen molar-refractivity contribution in [1.82, 2.24) is 14.5 Å². The van der Waals surface area contributed by atoms with E-state index >= 15 is 0 Å². The second-order valence-corrected chi connectivity index (χ2v) is 9.83. The Labute approximate surface area is 245 Å². The molecule has 0 N–H and O–H groups in total. The zero-order valence-corrected chi connectivity index (χ0v) is 21.9. The fourth-order valence-corrected chi connectivity index (χ4v) is 5.88. The van der Waals surface area contributed by atoms with Crippen molar-refractivity contribution in [2.24, 2.45) is 0 Å². The third-order valence-electron chi connectivity index (χ3n) is 7.56. The van der Waals surface area contributed by atoms with E-state index in [1.807, 2.05) is 78.9 Å². The molecular formula is C38H25N3. The predicted octanol–water partition coefficient (Wildman–Crippen LogP) is 9.73. The predicted molar refractivity (Wildman–Crippen MR) is 170 cm³/mol. The lowest BCUT2D eigenvalue weighted by atomic mass is 9.86. The van der Waals surface area contributed by atoms with Gasteiger partial charge in [-0.3, -0.25) is 9.55 Å². The summed E-state index contributed by atoms with van der Waals surface area (Å²) < 4.78 is 44.6. The maximum Gasteiger partial charge on any atom is 0.146 e. The van der Waals surface area contributed by atoms with Crippen molar-refractivity contribution in [3.05, 3.63) is 152 Å². The van der Waals surface area contributed by atoms with Crippen molar-refractivity contribution < 1.29 is 6.85 Å². The zero-order valence-electron chi connectivity index (χ0n) is 26.9. The number of imidazole rings is 1. The van der Waals surface area contributed by atoms with Gasteiger partial charge < -0.3 is 0 Å². The average Bonchev–Trinajstić information content (AvgIpc) is 3.48. The summed E-state index contributed by atoms with van der Waals surface area (Å²) in [7, 11) is 0. The van der Waals surface area contributed by atoms with Crippen LogP contribution in [0.2, 0.25) is 0 Å². The third kappa shape index (κ3) is 3.75. The first kappa shape index (κ1) is 18.7. The van der Waals surface area contributed by atoms with E-state index in [1.165, 1.54) is 0 Å². The van der Waals surface area contributed by atoms with Crippen molar-refractivity contribution in [1.29, 1.82) is 0 Å². The Kier molecular flexibility index (Phi) is 4.37. The molecule has 0 atom stereocenters. The van der Waals surface area contributed by atoms with E-state index in [0.717, 1.165) is 49.5 Å². The third-order valence-corrected chi connectivity index (χ3v) is 7.56. The molecule has 0 saturated carbocycles. The van der Waals surface area contributed by atoms with Gasteiger partial charge in [0.15, 0.2) is 0 Å². The van der Waals surface area contributed by atoms with Gasteiger partial charge in [-0.25, -0.2) is 4.98 Å². The molecule has 0 radical (unpaired) electrons. The van der Waals surface area contributed by atoms with Crippen molar-refractivity contribution in [2.45, 2.75) is 0 Å². The molecular weight excluding hydrogens is 498 g/mol. The van der Waals surface area contributed by atoms with Gasteiger partial charge in [0.2, 0.25) is 0 Å². The highest BCUT2D eigenvalue weighted by Gasteiger charge is 2.23. The van der Waals surface area contributed by atoms with Crippen LogP contribution in [0.5, 0.6) is 0 Å². The van der Waals surface area contributed by atoms with Gasteiger partial charge >= 0.3 is 0 Å². The quantitative estimate of drug-likeness (QED) is 0.213. The van der Waals surface area contributed by atoms with E-state index < -0.39 is 18.1 Å². The number of para-hydroxylation sites is 3. The molecule has 2 heterocycles. The van der Waals surface area contributed by atoms with Gasteiger partial charge in [-0.1, -0.05) is 109 Å². The molecule has 8 aromatic rings. The van der Waals surface area contributed by atoms with Gasteiger partial charge in [0, 0.05) is 23.0 Å². The summed E-state index contributed by atoms with van der Waals surface area (Å²) in [5.74, 6) is 0.497. The van der Waals surface area contributed by atoms with Crippen LogP contribution in [0.1, 0.15) is 6.85 Å². The van der Waals surface area contributed by atoms with E-state index in [2.05, 4.69) is 41.4 Å². The molecule has 192 valence electrons. The Balaban J connectivity index is 1.54. The van der Waals surface area contributed by atoms with Crippen LogP contribution >= 0.6 is 0 Å². The standard InChI is InChI=1S/C38H25N3/c1-2-14-26(15-3-1)41-35-24-11-10-23-34(35)40-38(41)37-31-20-8-6-18-29(31)36(30-19-7-9-21-32(30)37)28-17-5-4-16-27(28)33-22-12-13-25-39-33/h1-25H/i1D,2D,3D,14D,15D. The summed E-state index contributed by atoms with van der Waals surface area (Å²) in [5, 5.41) is 3.85. The molecule has 0 saturated heterocycles. The van der Waals surface area contributed by atoms with Crippen LogP contribution in [0.3, 0.4) is 0 Å². The van der Waals surface area contributed by atoms with Crippen molar-refractivity contribution >= 4 is 32.6 Å². The van der Waals surface area contributed by atoms with Crippen LogP contribution in [-0.2, 0) is 0 Å². The molecule has 3 nitrogen and oxygen atoms in total. The molecule has 0 amide bonds. The first-order valence-electron chi connectivity index (χ1n) is 15.9. The normalized spacial score (nSPS) is 13.1. The van der Waals surface area contributed by atoms with Crippen LogP contribution in [-0.4, -0.2) is 14.5 Å².